The highest BCUT2D eigenvalue weighted by molar-refractivity contribution is 5.95. The molecule has 0 saturated heterocycles. The van der Waals surface area contributed by atoms with Crippen molar-refractivity contribution in [2.24, 2.45) is 27.3 Å². The zero-order chi connectivity index (χ0) is 25.2. The van der Waals surface area contributed by atoms with Gasteiger partial charge in [-0.3, -0.25) is 10.1 Å². The summed E-state index contributed by atoms with van der Waals surface area (Å²) in [4.78, 5) is 40.5. The molecule has 1 aromatic heterocycles. The van der Waals surface area contributed by atoms with Crippen molar-refractivity contribution in [3.05, 3.63) is 39.7 Å². The van der Waals surface area contributed by atoms with Gasteiger partial charge in [-0.25, -0.2) is 14.8 Å². The summed E-state index contributed by atoms with van der Waals surface area (Å²) in [5.41, 5.74) is 1.57. The fraction of sp³-hybridized carbons (Fsp3) is 0.630. The summed E-state index contributed by atoms with van der Waals surface area (Å²) in [6, 6.07) is 4.51. The molecule has 1 aromatic carbocycles. The van der Waals surface area contributed by atoms with Crippen LogP contribution in [0.5, 0.6) is 0 Å². The van der Waals surface area contributed by atoms with Gasteiger partial charge in [-0.2, -0.15) is 0 Å². The minimum absolute atomic E-state index is 0.0458. The number of rotatable bonds is 3. The van der Waals surface area contributed by atoms with Crippen LogP contribution in [0.1, 0.15) is 85.0 Å². The zero-order valence-corrected chi connectivity index (χ0v) is 21.3. The van der Waals surface area contributed by atoms with Crippen LogP contribution >= 0.6 is 0 Å². The monoisotopic (exact) mass is 476 g/mol. The summed E-state index contributed by atoms with van der Waals surface area (Å²) in [6.45, 7) is 13.2. The molecule has 3 saturated carbocycles. The minimum Gasteiger partial charge on any atom is -0.317 e. The highest BCUT2D eigenvalue weighted by Crippen LogP contribution is 2.70. The van der Waals surface area contributed by atoms with Gasteiger partial charge in [0.25, 0.3) is 5.69 Å². The second kappa shape index (κ2) is 6.45. The van der Waals surface area contributed by atoms with Gasteiger partial charge < -0.3 is 4.84 Å². The van der Waals surface area contributed by atoms with Crippen molar-refractivity contribution in [1.82, 2.24) is 9.97 Å². The Kier molecular flexibility index (Phi) is 4.16. The number of carbonyl (C=O) groups excluding carboxylic acids is 1. The molecule has 0 N–H and O–H groups in total. The van der Waals surface area contributed by atoms with Crippen LogP contribution in [0.2, 0.25) is 0 Å². The van der Waals surface area contributed by atoms with E-state index >= 15 is 0 Å². The Bertz CT molecular complexity index is 1360. The summed E-state index contributed by atoms with van der Waals surface area (Å²) in [7, 11) is 0. The topological polar surface area (TPSA) is 108 Å². The van der Waals surface area contributed by atoms with E-state index in [1.807, 2.05) is 0 Å². The lowest BCUT2D eigenvalue weighted by Gasteiger charge is -2.38. The Labute approximate surface area is 204 Å². The molecule has 2 aromatic rings. The molecule has 4 aliphatic carbocycles. The van der Waals surface area contributed by atoms with Crippen LogP contribution in [0.3, 0.4) is 0 Å². The van der Waals surface area contributed by atoms with Crippen molar-refractivity contribution in [3.8, 4) is 0 Å². The summed E-state index contributed by atoms with van der Waals surface area (Å²) in [6.07, 6.45) is 4.50. The number of nitrogens with zero attached hydrogens (tertiary/aromatic N) is 4. The van der Waals surface area contributed by atoms with E-state index in [1.54, 1.807) is 6.07 Å². The molecule has 4 atom stereocenters. The SMILES string of the molecule is CC12CCC(C/C1=N\OC(=O)C13CCC(C)(c4nc5ccc([N+](=O)[O-])cc5nc41)C3(C)C)C2(C)C. The van der Waals surface area contributed by atoms with Crippen LogP contribution in [-0.4, -0.2) is 26.6 Å². The molecular weight excluding hydrogens is 444 g/mol. The lowest BCUT2D eigenvalue weighted by molar-refractivity contribution is -0.384. The Balaban J connectivity index is 1.45. The summed E-state index contributed by atoms with van der Waals surface area (Å²) >= 11 is 0. The molecule has 1 heterocycles. The Morgan fingerprint density at radius 3 is 2.37 bits per heavy atom. The van der Waals surface area contributed by atoms with Crippen LogP contribution in [0, 0.1) is 32.3 Å². The molecule has 3 fully saturated rings. The molecule has 4 bridgehead atoms. The van der Waals surface area contributed by atoms with Gasteiger partial charge in [0.1, 0.15) is 5.41 Å². The van der Waals surface area contributed by atoms with E-state index in [0.29, 0.717) is 29.1 Å². The second-order valence-electron chi connectivity index (χ2n) is 12.6. The molecule has 4 unspecified atom stereocenters. The summed E-state index contributed by atoms with van der Waals surface area (Å²) < 4.78 is 0. The molecule has 35 heavy (non-hydrogen) atoms. The summed E-state index contributed by atoms with van der Waals surface area (Å²) in [5.74, 6) is 0.176. The van der Waals surface area contributed by atoms with E-state index in [-0.39, 0.29) is 27.9 Å². The Morgan fingerprint density at radius 2 is 1.74 bits per heavy atom. The fourth-order valence-electron chi connectivity index (χ4n) is 7.90. The van der Waals surface area contributed by atoms with E-state index in [9.17, 15) is 14.9 Å². The molecule has 6 rings (SSSR count). The van der Waals surface area contributed by atoms with E-state index in [1.165, 1.54) is 18.6 Å². The van der Waals surface area contributed by atoms with Gasteiger partial charge in [0.2, 0.25) is 0 Å². The van der Waals surface area contributed by atoms with Crippen LogP contribution in [-0.2, 0) is 20.5 Å². The van der Waals surface area contributed by atoms with Crippen LogP contribution < -0.4 is 0 Å². The van der Waals surface area contributed by atoms with Crippen molar-refractivity contribution in [2.75, 3.05) is 0 Å². The maximum atomic E-state index is 14.0. The maximum absolute atomic E-state index is 14.0. The largest absolute Gasteiger partial charge is 0.347 e. The predicted molar refractivity (Wildman–Crippen MR) is 131 cm³/mol. The molecule has 0 radical (unpaired) electrons. The smallest absolute Gasteiger partial charge is 0.317 e. The van der Waals surface area contributed by atoms with Crippen LogP contribution in [0.25, 0.3) is 11.0 Å². The average Bonchev–Trinajstić information content (AvgIpc) is 3.30. The lowest BCUT2D eigenvalue weighted by Crippen LogP contribution is -2.46. The Hall–Kier alpha value is -2.90. The molecule has 0 amide bonds. The highest BCUT2D eigenvalue weighted by Gasteiger charge is 2.74. The quantitative estimate of drug-likeness (QED) is 0.324. The fourth-order valence-corrected chi connectivity index (χ4v) is 7.90. The third-order valence-corrected chi connectivity index (χ3v) is 11.3. The van der Waals surface area contributed by atoms with E-state index in [4.69, 9.17) is 14.8 Å². The third kappa shape index (κ3) is 2.38. The number of fused-ring (bicyclic) bond motifs is 8. The van der Waals surface area contributed by atoms with Crippen molar-refractivity contribution in [1.29, 1.82) is 0 Å². The first-order chi connectivity index (χ1) is 16.3. The van der Waals surface area contributed by atoms with E-state index in [2.05, 4.69) is 46.7 Å². The molecule has 0 spiro atoms. The van der Waals surface area contributed by atoms with Gasteiger partial charge in [-0.05, 0) is 54.9 Å². The van der Waals surface area contributed by atoms with Crippen molar-refractivity contribution < 1.29 is 14.6 Å². The normalized spacial score (nSPS) is 36.6. The predicted octanol–water partition coefficient (Wildman–Crippen LogP) is 5.61. The van der Waals surface area contributed by atoms with Crippen molar-refractivity contribution in [3.63, 3.8) is 0 Å². The molecule has 0 aliphatic heterocycles. The van der Waals surface area contributed by atoms with Crippen LogP contribution in [0.4, 0.5) is 5.69 Å². The number of oxime groups is 1. The van der Waals surface area contributed by atoms with Gasteiger partial charge in [0.05, 0.1) is 33.1 Å². The Morgan fingerprint density at radius 1 is 1.03 bits per heavy atom. The average molecular weight is 477 g/mol. The number of hydrogen-bond acceptors (Lipinski definition) is 7. The molecule has 8 heteroatoms. The number of benzene rings is 1. The number of hydrogen-bond donors (Lipinski definition) is 0. The summed E-state index contributed by atoms with van der Waals surface area (Å²) in [5, 5.41) is 15.9. The molecular formula is C27H32N4O4. The first-order valence-electron chi connectivity index (χ1n) is 12.6. The molecule has 8 nitrogen and oxygen atoms in total. The number of aromatic nitrogens is 2. The van der Waals surface area contributed by atoms with Crippen molar-refractivity contribution >= 4 is 28.4 Å². The molecule has 4 aliphatic rings. The van der Waals surface area contributed by atoms with Gasteiger partial charge in [-0.1, -0.05) is 46.7 Å². The van der Waals surface area contributed by atoms with E-state index in [0.717, 1.165) is 30.7 Å². The highest BCUT2D eigenvalue weighted by atomic mass is 16.7. The molecule has 184 valence electrons. The second-order valence-corrected chi connectivity index (χ2v) is 12.6. The van der Waals surface area contributed by atoms with Crippen molar-refractivity contribution in [2.45, 2.75) is 84.5 Å². The minimum atomic E-state index is -0.999. The van der Waals surface area contributed by atoms with Gasteiger partial charge in [-0.15, -0.1) is 0 Å². The maximum Gasteiger partial charge on any atom is 0.347 e. The number of nitro benzene ring substituents is 1. The zero-order valence-electron chi connectivity index (χ0n) is 21.3. The number of carbonyl (C=O) groups is 1. The number of nitro groups is 1. The first-order valence-corrected chi connectivity index (χ1v) is 12.6. The van der Waals surface area contributed by atoms with Gasteiger partial charge >= 0.3 is 5.97 Å². The van der Waals surface area contributed by atoms with Crippen LogP contribution in [0.15, 0.2) is 23.4 Å². The van der Waals surface area contributed by atoms with Gasteiger partial charge in [0, 0.05) is 23.0 Å². The lowest BCUT2D eigenvalue weighted by atomic mass is 9.64. The first kappa shape index (κ1) is 22.6. The van der Waals surface area contributed by atoms with E-state index < -0.39 is 15.8 Å². The third-order valence-electron chi connectivity index (χ3n) is 11.3. The number of non-ortho nitro benzene ring substituents is 1. The standard InChI is InChI=1S/C27H32N4O4/c1-23(2)15-9-10-25(23,5)19(13-15)30-35-22(32)27-12-11-26(6,24(27,3)4)20-21(27)29-18-14-16(31(33)34)7-8-17(18)28-20/h7-8,14-15H,9-13H2,1-6H3/b30-19+. The van der Waals surface area contributed by atoms with Gasteiger partial charge in [0.15, 0.2) is 0 Å².